The van der Waals surface area contributed by atoms with Crippen LogP contribution in [0.1, 0.15) is 32.8 Å². The molecule has 0 spiro atoms. The van der Waals surface area contributed by atoms with Crippen LogP contribution in [0.3, 0.4) is 0 Å². The first-order valence-electron chi connectivity index (χ1n) is 13.7. The minimum Gasteiger partial charge on any atom is -0.497 e. The number of rotatable bonds is 14. The first-order valence-corrected chi connectivity index (χ1v) is 15.9. The van der Waals surface area contributed by atoms with Gasteiger partial charge in [0, 0.05) is 29.2 Å². The van der Waals surface area contributed by atoms with Crippen LogP contribution >= 0.6 is 23.2 Å². The molecule has 0 aromatic heterocycles. The maximum Gasteiger partial charge on any atom is 0.264 e. The molecule has 0 saturated heterocycles. The molecule has 0 saturated carbocycles. The second-order valence-corrected chi connectivity index (χ2v) is 12.9. The van der Waals surface area contributed by atoms with Crippen molar-refractivity contribution in [2.75, 3.05) is 31.6 Å². The number of methoxy groups -OCH3 is 2. The molecule has 1 N–H and O–H groups in total. The van der Waals surface area contributed by atoms with E-state index in [0.29, 0.717) is 27.9 Å². The largest absolute Gasteiger partial charge is 0.497 e. The van der Waals surface area contributed by atoms with Crippen LogP contribution in [0.2, 0.25) is 10.0 Å². The third-order valence-corrected chi connectivity index (χ3v) is 9.05. The Labute approximate surface area is 263 Å². The van der Waals surface area contributed by atoms with Gasteiger partial charge in [-0.3, -0.25) is 13.9 Å². The second kappa shape index (κ2) is 15.3. The Morgan fingerprint density at radius 3 is 2.23 bits per heavy atom. The molecule has 0 bridgehead atoms. The third-order valence-electron chi connectivity index (χ3n) is 6.69. The topological polar surface area (TPSA) is 105 Å². The number of nitrogens with zero attached hydrogens (tertiary/aromatic N) is 2. The third kappa shape index (κ3) is 8.55. The van der Waals surface area contributed by atoms with E-state index < -0.39 is 28.5 Å². The highest BCUT2D eigenvalue weighted by atomic mass is 35.5. The summed E-state index contributed by atoms with van der Waals surface area (Å²) in [7, 11) is -1.44. The first-order chi connectivity index (χ1) is 20.4. The number of amides is 2. The van der Waals surface area contributed by atoms with Crippen molar-refractivity contribution in [2.24, 2.45) is 5.92 Å². The van der Waals surface area contributed by atoms with Crippen molar-refractivity contribution in [1.82, 2.24) is 10.2 Å². The molecule has 1 atom stereocenters. The first kappa shape index (κ1) is 34.0. The number of carbonyl (C=O) groups excluding carboxylic acids is 2. The highest BCUT2D eigenvalue weighted by Gasteiger charge is 2.35. The van der Waals surface area contributed by atoms with Crippen molar-refractivity contribution >= 4 is 50.7 Å². The molecule has 232 valence electrons. The van der Waals surface area contributed by atoms with E-state index in [1.54, 1.807) is 55.5 Å². The summed E-state index contributed by atoms with van der Waals surface area (Å²) in [5, 5.41) is 3.62. The van der Waals surface area contributed by atoms with E-state index in [4.69, 9.17) is 32.7 Å². The van der Waals surface area contributed by atoms with Gasteiger partial charge in [-0.25, -0.2) is 8.42 Å². The summed E-state index contributed by atoms with van der Waals surface area (Å²) >= 11 is 12.6. The van der Waals surface area contributed by atoms with Gasteiger partial charge in [0.1, 0.15) is 24.1 Å². The van der Waals surface area contributed by atoms with Crippen molar-refractivity contribution in [3.8, 4) is 11.5 Å². The number of carbonyl (C=O) groups is 2. The van der Waals surface area contributed by atoms with E-state index in [0.717, 1.165) is 4.31 Å². The predicted molar refractivity (Wildman–Crippen MR) is 169 cm³/mol. The molecule has 12 heteroatoms. The molecule has 3 aromatic rings. The number of sulfonamides is 1. The monoisotopic (exact) mass is 649 g/mol. The Kier molecular flexibility index (Phi) is 12.1. The van der Waals surface area contributed by atoms with Crippen molar-refractivity contribution in [3.05, 3.63) is 82.3 Å². The zero-order chi connectivity index (χ0) is 31.7. The van der Waals surface area contributed by atoms with Crippen LogP contribution in [0.15, 0.2) is 71.6 Å². The number of nitrogens with one attached hydrogen (secondary N) is 1. The maximum atomic E-state index is 14.3. The van der Waals surface area contributed by atoms with Crippen LogP contribution in [0.4, 0.5) is 5.69 Å². The lowest BCUT2D eigenvalue weighted by atomic mass is 10.1. The second-order valence-electron chi connectivity index (χ2n) is 10.2. The summed E-state index contributed by atoms with van der Waals surface area (Å²) in [6.45, 7) is 5.43. The SMILES string of the molecule is CC[C@H](C(=O)NCC(C)C)N(Cc1ccc(Cl)cc1Cl)C(=O)CN(c1cc(OC)ccc1OC)S(=O)(=O)c1ccccc1. The van der Waals surface area contributed by atoms with Crippen LogP contribution in [0, 0.1) is 5.92 Å². The zero-order valence-electron chi connectivity index (χ0n) is 24.8. The van der Waals surface area contributed by atoms with E-state index in [2.05, 4.69) is 5.32 Å². The van der Waals surface area contributed by atoms with Crippen molar-refractivity contribution < 1.29 is 27.5 Å². The molecule has 43 heavy (non-hydrogen) atoms. The van der Waals surface area contributed by atoms with Crippen molar-refractivity contribution in [3.63, 3.8) is 0 Å². The Morgan fingerprint density at radius 2 is 1.65 bits per heavy atom. The van der Waals surface area contributed by atoms with Gasteiger partial charge in [0.25, 0.3) is 10.0 Å². The summed E-state index contributed by atoms with van der Waals surface area (Å²) in [6.07, 6.45) is 0.273. The van der Waals surface area contributed by atoms with Gasteiger partial charge < -0.3 is 19.7 Å². The lowest BCUT2D eigenvalue weighted by Crippen LogP contribution is -2.52. The highest BCUT2D eigenvalue weighted by molar-refractivity contribution is 7.92. The molecule has 0 radical (unpaired) electrons. The maximum absolute atomic E-state index is 14.3. The molecular weight excluding hydrogens is 613 g/mol. The molecule has 0 heterocycles. The normalized spacial score (nSPS) is 12.0. The van der Waals surface area contributed by atoms with Gasteiger partial charge in [-0.2, -0.15) is 0 Å². The van der Waals surface area contributed by atoms with Gasteiger partial charge in [-0.1, -0.05) is 68.2 Å². The molecule has 3 aromatic carbocycles. The van der Waals surface area contributed by atoms with Gasteiger partial charge in [0.2, 0.25) is 11.8 Å². The Morgan fingerprint density at radius 1 is 0.953 bits per heavy atom. The molecule has 0 aliphatic rings. The standard InChI is InChI=1S/C31H37Cl2N3O6S/c1-6-27(31(38)34-18-21(2)3)35(19-22-12-13-23(32)16-26(22)33)30(37)20-36(43(39,40)25-10-8-7-9-11-25)28-17-24(41-4)14-15-29(28)42-5/h7-17,21,27H,6,18-20H2,1-5H3,(H,34,38)/t27-/m1/s1. The molecule has 2 amide bonds. The van der Waals surface area contributed by atoms with E-state index in [1.807, 2.05) is 13.8 Å². The summed E-state index contributed by atoms with van der Waals surface area (Å²) in [6, 6.07) is 16.4. The summed E-state index contributed by atoms with van der Waals surface area (Å²) in [4.78, 5) is 29.0. The predicted octanol–water partition coefficient (Wildman–Crippen LogP) is 5.79. The van der Waals surface area contributed by atoms with E-state index >= 15 is 0 Å². The summed E-state index contributed by atoms with van der Waals surface area (Å²) in [5.74, 6) is -0.223. The molecular formula is C31H37Cl2N3O6S. The molecule has 0 aliphatic heterocycles. The van der Waals surface area contributed by atoms with E-state index in [1.165, 1.54) is 37.3 Å². The molecule has 9 nitrogen and oxygen atoms in total. The van der Waals surface area contributed by atoms with Crippen LogP contribution in [-0.4, -0.2) is 58.5 Å². The Bertz CT molecular complexity index is 1520. The number of hydrogen-bond acceptors (Lipinski definition) is 6. The average Bonchev–Trinajstić information content (AvgIpc) is 2.99. The van der Waals surface area contributed by atoms with Gasteiger partial charge >= 0.3 is 0 Å². The lowest BCUT2D eigenvalue weighted by Gasteiger charge is -2.34. The smallest absolute Gasteiger partial charge is 0.264 e. The van der Waals surface area contributed by atoms with E-state index in [9.17, 15) is 18.0 Å². The highest BCUT2D eigenvalue weighted by Crippen LogP contribution is 2.36. The number of halogens is 2. The Balaban J connectivity index is 2.15. The fraction of sp³-hybridized carbons (Fsp3) is 0.355. The van der Waals surface area contributed by atoms with Gasteiger partial charge in [-0.15, -0.1) is 0 Å². The molecule has 0 fully saturated rings. The van der Waals surface area contributed by atoms with Gasteiger partial charge in [-0.05, 0) is 54.3 Å². The molecule has 3 rings (SSSR count). The fourth-order valence-electron chi connectivity index (χ4n) is 4.40. The van der Waals surface area contributed by atoms with Crippen LogP contribution in [0.5, 0.6) is 11.5 Å². The van der Waals surface area contributed by atoms with E-state index in [-0.39, 0.29) is 41.1 Å². The van der Waals surface area contributed by atoms with Crippen LogP contribution < -0.4 is 19.1 Å². The average molecular weight is 651 g/mol. The minimum absolute atomic E-state index is 0.0262. The zero-order valence-corrected chi connectivity index (χ0v) is 27.2. The van der Waals surface area contributed by atoms with Gasteiger partial charge in [0.05, 0.1) is 24.8 Å². The Hall–Kier alpha value is -3.47. The number of benzene rings is 3. The minimum atomic E-state index is -4.29. The van der Waals surface area contributed by atoms with Crippen molar-refractivity contribution in [1.29, 1.82) is 0 Å². The van der Waals surface area contributed by atoms with Crippen molar-refractivity contribution in [2.45, 2.75) is 44.7 Å². The summed E-state index contributed by atoms with van der Waals surface area (Å²) < 4.78 is 40.0. The number of ether oxygens (including phenoxy) is 2. The molecule has 0 aliphatic carbocycles. The van der Waals surface area contributed by atoms with Crippen LogP contribution in [0.25, 0.3) is 0 Å². The number of anilines is 1. The lowest BCUT2D eigenvalue weighted by molar-refractivity contribution is -0.140. The molecule has 0 unspecified atom stereocenters. The number of hydrogen-bond donors (Lipinski definition) is 1. The quantitative estimate of drug-likeness (QED) is 0.237. The van der Waals surface area contributed by atoms with Gasteiger partial charge in [0.15, 0.2) is 0 Å². The summed E-state index contributed by atoms with van der Waals surface area (Å²) in [5.41, 5.74) is 0.645. The fourth-order valence-corrected chi connectivity index (χ4v) is 6.31. The van der Waals surface area contributed by atoms with Crippen LogP contribution in [-0.2, 0) is 26.2 Å².